The van der Waals surface area contributed by atoms with Gasteiger partial charge in [-0.2, -0.15) is 0 Å². The number of fused-ring (bicyclic) bond motifs is 2. The maximum atomic E-state index is 12.7. The number of hydrogen-bond acceptors (Lipinski definition) is 3. The molecule has 0 saturated heterocycles. The van der Waals surface area contributed by atoms with Gasteiger partial charge in [0.2, 0.25) is 0 Å². The van der Waals surface area contributed by atoms with Crippen molar-refractivity contribution in [2.24, 2.45) is 0 Å². The van der Waals surface area contributed by atoms with Crippen LogP contribution in [0.2, 0.25) is 5.02 Å². The number of rotatable bonds is 2. The molecule has 0 saturated carbocycles. The Hall–Kier alpha value is -2.43. The fraction of sp³-hybridized carbons (Fsp3) is 0.0526. The number of amides is 1. The molecule has 0 fully saturated rings. The van der Waals surface area contributed by atoms with Crippen molar-refractivity contribution < 1.29 is 4.79 Å². The summed E-state index contributed by atoms with van der Waals surface area (Å²) in [6.45, 7) is 1.93. The van der Waals surface area contributed by atoms with Gasteiger partial charge in [-0.3, -0.25) is 9.78 Å². The predicted octanol–water partition coefficient (Wildman–Crippen LogP) is 5.66. The zero-order valence-electron chi connectivity index (χ0n) is 12.8. The molecule has 3 nitrogen and oxygen atoms in total. The van der Waals surface area contributed by atoms with Crippen molar-refractivity contribution in [3.8, 4) is 0 Å². The van der Waals surface area contributed by atoms with Gasteiger partial charge >= 0.3 is 0 Å². The number of carbonyl (C=O) groups excluding carboxylic acids is 1. The van der Waals surface area contributed by atoms with Gasteiger partial charge in [-0.15, -0.1) is 11.3 Å². The van der Waals surface area contributed by atoms with Crippen molar-refractivity contribution in [1.82, 2.24) is 4.98 Å². The molecule has 1 amide bonds. The van der Waals surface area contributed by atoms with Crippen LogP contribution in [0, 0.1) is 6.92 Å². The van der Waals surface area contributed by atoms with E-state index in [2.05, 4.69) is 10.3 Å². The summed E-state index contributed by atoms with van der Waals surface area (Å²) in [6, 6.07) is 17.4. The van der Waals surface area contributed by atoms with Gasteiger partial charge in [0, 0.05) is 21.2 Å². The van der Waals surface area contributed by atoms with Gasteiger partial charge in [-0.1, -0.05) is 48.0 Å². The van der Waals surface area contributed by atoms with Gasteiger partial charge in [-0.05, 0) is 25.1 Å². The number of pyridine rings is 1. The van der Waals surface area contributed by atoms with E-state index in [9.17, 15) is 4.79 Å². The van der Waals surface area contributed by atoms with E-state index in [-0.39, 0.29) is 5.91 Å². The Kier molecular flexibility index (Phi) is 3.71. The van der Waals surface area contributed by atoms with Crippen LogP contribution in [-0.4, -0.2) is 10.9 Å². The van der Waals surface area contributed by atoms with Gasteiger partial charge < -0.3 is 5.32 Å². The van der Waals surface area contributed by atoms with E-state index in [1.165, 1.54) is 11.3 Å². The third kappa shape index (κ3) is 2.54. The Labute approximate surface area is 147 Å². The highest BCUT2D eigenvalue weighted by molar-refractivity contribution is 7.21. The third-order valence-corrected chi connectivity index (χ3v) is 5.52. The Morgan fingerprint density at radius 3 is 2.75 bits per heavy atom. The second-order valence-corrected chi connectivity index (χ2v) is 6.96. The van der Waals surface area contributed by atoms with Gasteiger partial charge in [-0.25, -0.2) is 0 Å². The molecule has 0 aliphatic carbocycles. The first-order valence-corrected chi connectivity index (χ1v) is 8.68. The molecule has 0 bridgehead atoms. The number of benzene rings is 2. The summed E-state index contributed by atoms with van der Waals surface area (Å²) in [7, 11) is 0. The molecule has 2 aromatic carbocycles. The largest absolute Gasteiger partial charge is 0.319 e. The summed E-state index contributed by atoms with van der Waals surface area (Å²) >= 11 is 7.79. The predicted molar refractivity (Wildman–Crippen MR) is 101 cm³/mol. The highest BCUT2D eigenvalue weighted by atomic mass is 35.5. The standard InChI is InChI=1S/C19H13ClN2OS/c1-11-9-10-12-5-4-7-14(17(12)21-11)22-19(23)18-16(20)13-6-2-3-8-15(13)24-18/h2-10H,1H3,(H,22,23). The smallest absolute Gasteiger partial charge is 0.267 e. The van der Waals surface area contributed by atoms with E-state index in [4.69, 9.17) is 11.6 Å². The number of para-hydroxylation sites is 1. The van der Waals surface area contributed by atoms with E-state index in [0.29, 0.717) is 15.6 Å². The van der Waals surface area contributed by atoms with E-state index in [0.717, 1.165) is 26.7 Å². The Morgan fingerprint density at radius 1 is 1.08 bits per heavy atom. The molecule has 118 valence electrons. The zero-order chi connectivity index (χ0) is 16.7. The van der Waals surface area contributed by atoms with Crippen molar-refractivity contribution in [2.45, 2.75) is 6.92 Å². The van der Waals surface area contributed by atoms with Gasteiger partial charge in [0.25, 0.3) is 5.91 Å². The normalized spacial score (nSPS) is 11.1. The number of thiophene rings is 1. The third-order valence-electron chi connectivity index (χ3n) is 3.85. The molecule has 0 unspecified atom stereocenters. The molecule has 5 heteroatoms. The van der Waals surface area contributed by atoms with Crippen molar-refractivity contribution in [3.63, 3.8) is 0 Å². The number of aryl methyl sites for hydroxylation is 1. The average Bonchev–Trinajstić information content (AvgIpc) is 2.93. The van der Waals surface area contributed by atoms with E-state index >= 15 is 0 Å². The zero-order valence-corrected chi connectivity index (χ0v) is 14.4. The van der Waals surface area contributed by atoms with Crippen LogP contribution in [0.1, 0.15) is 15.4 Å². The van der Waals surface area contributed by atoms with Crippen LogP contribution in [0.15, 0.2) is 54.6 Å². The molecule has 0 atom stereocenters. The van der Waals surface area contributed by atoms with Crippen molar-refractivity contribution in [3.05, 3.63) is 70.2 Å². The van der Waals surface area contributed by atoms with Crippen LogP contribution in [0.25, 0.3) is 21.0 Å². The molecule has 1 N–H and O–H groups in total. The Bertz CT molecular complexity index is 1090. The number of halogens is 1. The van der Waals surface area contributed by atoms with Gasteiger partial charge in [0.15, 0.2) is 0 Å². The molecule has 4 aromatic rings. The second kappa shape index (κ2) is 5.89. The van der Waals surface area contributed by atoms with E-state index < -0.39 is 0 Å². The van der Waals surface area contributed by atoms with E-state index in [1.54, 1.807) is 0 Å². The van der Waals surface area contributed by atoms with Gasteiger partial charge in [0.1, 0.15) is 4.88 Å². The first kappa shape index (κ1) is 15.1. The topological polar surface area (TPSA) is 42.0 Å². The van der Waals surface area contributed by atoms with E-state index in [1.807, 2.05) is 61.5 Å². The molecule has 0 spiro atoms. The highest BCUT2D eigenvalue weighted by Gasteiger charge is 2.18. The lowest BCUT2D eigenvalue weighted by molar-refractivity contribution is 0.103. The molecule has 0 aliphatic rings. The maximum Gasteiger partial charge on any atom is 0.267 e. The highest BCUT2D eigenvalue weighted by Crippen LogP contribution is 2.35. The number of hydrogen-bond donors (Lipinski definition) is 1. The summed E-state index contributed by atoms with van der Waals surface area (Å²) in [5.41, 5.74) is 2.38. The summed E-state index contributed by atoms with van der Waals surface area (Å²) in [5, 5.41) is 5.34. The van der Waals surface area contributed by atoms with Crippen molar-refractivity contribution in [1.29, 1.82) is 0 Å². The molecule has 0 radical (unpaired) electrons. The summed E-state index contributed by atoms with van der Waals surface area (Å²) < 4.78 is 1.000. The number of nitrogens with zero attached hydrogens (tertiary/aromatic N) is 1. The number of nitrogens with one attached hydrogen (secondary N) is 1. The number of anilines is 1. The number of aromatic nitrogens is 1. The summed E-state index contributed by atoms with van der Waals surface area (Å²) in [4.78, 5) is 17.8. The minimum Gasteiger partial charge on any atom is -0.319 e. The SMILES string of the molecule is Cc1ccc2cccc(NC(=O)c3sc4ccccc4c3Cl)c2n1. The van der Waals surface area contributed by atoms with Crippen LogP contribution < -0.4 is 5.32 Å². The quantitative estimate of drug-likeness (QED) is 0.505. The molecule has 0 aliphatic heterocycles. The first-order valence-electron chi connectivity index (χ1n) is 7.48. The lowest BCUT2D eigenvalue weighted by Gasteiger charge is -2.08. The fourth-order valence-electron chi connectivity index (χ4n) is 2.68. The lowest BCUT2D eigenvalue weighted by Crippen LogP contribution is -2.11. The molecule has 4 rings (SSSR count). The van der Waals surface area contributed by atoms with Gasteiger partial charge in [0.05, 0.1) is 16.2 Å². The minimum atomic E-state index is -0.211. The van der Waals surface area contributed by atoms with Crippen molar-refractivity contribution >= 4 is 55.5 Å². The maximum absolute atomic E-state index is 12.7. The minimum absolute atomic E-state index is 0.211. The molecular weight excluding hydrogens is 340 g/mol. The van der Waals surface area contributed by atoms with Crippen LogP contribution in [0.4, 0.5) is 5.69 Å². The lowest BCUT2D eigenvalue weighted by atomic mass is 10.1. The Balaban J connectivity index is 1.76. The molecular formula is C19H13ClN2OS. The summed E-state index contributed by atoms with van der Waals surface area (Å²) in [5.74, 6) is -0.211. The Morgan fingerprint density at radius 2 is 1.92 bits per heavy atom. The molecule has 24 heavy (non-hydrogen) atoms. The molecule has 2 aromatic heterocycles. The monoisotopic (exact) mass is 352 g/mol. The summed E-state index contributed by atoms with van der Waals surface area (Å²) in [6.07, 6.45) is 0. The van der Waals surface area contributed by atoms with Crippen molar-refractivity contribution in [2.75, 3.05) is 5.32 Å². The average molecular weight is 353 g/mol. The van der Waals surface area contributed by atoms with Crippen LogP contribution in [0.5, 0.6) is 0 Å². The van der Waals surface area contributed by atoms with Crippen LogP contribution in [-0.2, 0) is 0 Å². The van der Waals surface area contributed by atoms with Crippen LogP contribution >= 0.6 is 22.9 Å². The second-order valence-electron chi connectivity index (χ2n) is 5.53. The first-order chi connectivity index (χ1) is 11.6. The van der Waals surface area contributed by atoms with Crippen LogP contribution in [0.3, 0.4) is 0 Å². The number of carbonyl (C=O) groups is 1. The fourth-order valence-corrected chi connectivity index (χ4v) is 4.10. The molecule has 2 heterocycles.